The average Bonchev–Trinajstić information content (AvgIpc) is 2.78. The smallest absolute Gasteiger partial charge is 0.339 e. The van der Waals surface area contributed by atoms with Gasteiger partial charge >= 0.3 is 5.97 Å². The van der Waals surface area contributed by atoms with Gasteiger partial charge in [0.05, 0.1) is 5.56 Å². The molecule has 0 N–H and O–H groups in total. The molecule has 0 radical (unpaired) electrons. The third kappa shape index (κ3) is 1.49. The first kappa shape index (κ1) is 11.2. The van der Waals surface area contributed by atoms with E-state index in [0.29, 0.717) is 5.56 Å². The van der Waals surface area contributed by atoms with Gasteiger partial charge in [-0.15, -0.1) is 0 Å². The third-order valence-corrected chi connectivity index (χ3v) is 4.62. The highest BCUT2D eigenvalue weighted by atomic mass is 16.6. The van der Waals surface area contributed by atoms with Gasteiger partial charge in [-0.1, -0.05) is 18.2 Å². The second kappa shape index (κ2) is 3.90. The van der Waals surface area contributed by atoms with Gasteiger partial charge < -0.3 is 4.74 Å². The summed E-state index contributed by atoms with van der Waals surface area (Å²) in [5, 5.41) is 0. The van der Waals surface area contributed by atoms with E-state index in [-0.39, 0.29) is 23.7 Å². The molecule has 0 aromatic heterocycles. The number of ether oxygens (including phenoxy) is 1. The molecular formula is C15H15NO3. The van der Waals surface area contributed by atoms with E-state index in [1.165, 1.54) is 0 Å². The van der Waals surface area contributed by atoms with Crippen molar-refractivity contribution in [3.8, 4) is 0 Å². The molecule has 0 saturated carbocycles. The first-order chi connectivity index (χ1) is 9.25. The molecule has 2 bridgehead atoms. The van der Waals surface area contributed by atoms with Crippen molar-refractivity contribution in [1.29, 1.82) is 0 Å². The van der Waals surface area contributed by atoms with Crippen molar-refractivity contribution >= 4 is 11.8 Å². The SMILES string of the molecule is O=C1O[C@H]([C@H]2C(=O)C3CCN2CC3)c2ccccc21. The Balaban J connectivity index is 1.74. The standard InChI is InChI=1S/C15H15NO3/c17-13-9-5-7-16(8-6-9)12(13)14-10-3-1-2-4-11(10)15(18)19-14/h1-4,9,12,14H,5-8H2/t12-,14+/m1/s1. The quantitative estimate of drug-likeness (QED) is 0.716. The van der Waals surface area contributed by atoms with Crippen molar-refractivity contribution < 1.29 is 14.3 Å². The number of piperidine rings is 3. The fourth-order valence-corrected chi connectivity index (χ4v) is 3.63. The van der Waals surface area contributed by atoms with Crippen LogP contribution >= 0.6 is 0 Å². The number of carbonyl (C=O) groups excluding carboxylic acids is 2. The Hall–Kier alpha value is -1.68. The van der Waals surface area contributed by atoms with Crippen molar-refractivity contribution in [3.05, 3.63) is 35.4 Å². The maximum atomic E-state index is 12.5. The van der Waals surface area contributed by atoms with Gasteiger partial charge in [0.1, 0.15) is 6.04 Å². The van der Waals surface area contributed by atoms with E-state index in [1.54, 1.807) is 6.07 Å². The minimum absolute atomic E-state index is 0.168. The lowest BCUT2D eigenvalue weighted by molar-refractivity contribution is -0.143. The Labute approximate surface area is 111 Å². The van der Waals surface area contributed by atoms with Crippen LogP contribution in [0.2, 0.25) is 0 Å². The number of cyclic esters (lactones) is 1. The van der Waals surface area contributed by atoms with Crippen LogP contribution in [0, 0.1) is 5.92 Å². The van der Waals surface area contributed by atoms with Crippen molar-refractivity contribution in [2.75, 3.05) is 13.1 Å². The van der Waals surface area contributed by atoms with Crippen molar-refractivity contribution in [2.24, 2.45) is 5.92 Å². The molecule has 0 spiro atoms. The number of rotatable bonds is 1. The number of carbonyl (C=O) groups is 2. The van der Waals surface area contributed by atoms with Crippen molar-refractivity contribution in [3.63, 3.8) is 0 Å². The highest BCUT2D eigenvalue weighted by Gasteiger charge is 2.49. The van der Waals surface area contributed by atoms with Gasteiger partial charge in [-0.3, -0.25) is 9.69 Å². The van der Waals surface area contributed by atoms with Crippen LogP contribution in [0.3, 0.4) is 0 Å². The van der Waals surface area contributed by atoms with E-state index in [4.69, 9.17) is 4.74 Å². The number of hydrogen-bond donors (Lipinski definition) is 0. The fourth-order valence-electron chi connectivity index (χ4n) is 3.63. The zero-order chi connectivity index (χ0) is 13.0. The number of esters is 1. The van der Waals surface area contributed by atoms with Crippen LogP contribution in [-0.2, 0) is 9.53 Å². The highest BCUT2D eigenvalue weighted by Crippen LogP contribution is 2.41. The Bertz CT molecular complexity index is 560. The van der Waals surface area contributed by atoms with Gasteiger partial charge in [0, 0.05) is 11.5 Å². The lowest BCUT2D eigenvalue weighted by Gasteiger charge is -2.45. The van der Waals surface area contributed by atoms with Gasteiger partial charge in [0.2, 0.25) is 0 Å². The van der Waals surface area contributed by atoms with Crippen molar-refractivity contribution in [2.45, 2.75) is 25.0 Å². The fraction of sp³-hybridized carbons (Fsp3) is 0.467. The predicted molar refractivity (Wildman–Crippen MR) is 67.7 cm³/mol. The van der Waals surface area contributed by atoms with Gasteiger partial charge in [-0.2, -0.15) is 0 Å². The van der Waals surface area contributed by atoms with Crippen LogP contribution in [0.5, 0.6) is 0 Å². The number of hydrogen-bond acceptors (Lipinski definition) is 4. The Morgan fingerprint density at radius 2 is 1.84 bits per heavy atom. The molecule has 2 atom stereocenters. The van der Waals surface area contributed by atoms with Crippen molar-refractivity contribution in [1.82, 2.24) is 4.90 Å². The van der Waals surface area contributed by atoms with Gasteiger partial charge in [0.15, 0.2) is 11.9 Å². The predicted octanol–water partition coefficient (Wildman–Crippen LogP) is 1.56. The summed E-state index contributed by atoms with van der Waals surface area (Å²) in [6, 6.07) is 7.15. The first-order valence-corrected chi connectivity index (χ1v) is 6.83. The van der Waals surface area contributed by atoms with E-state index >= 15 is 0 Å². The second-order valence-corrected chi connectivity index (χ2v) is 5.57. The van der Waals surface area contributed by atoms with E-state index in [2.05, 4.69) is 4.90 Å². The number of fused-ring (bicyclic) bond motifs is 4. The van der Waals surface area contributed by atoms with Crippen LogP contribution in [0.4, 0.5) is 0 Å². The summed E-state index contributed by atoms with van der Waals surface area (Å²) in [4.78, 5) is 26.5. The molecule has 1 aromatic rings. The topological polar surface area (TPSA) is 46.6 Å². The number of benzene rings is 1. The minimum atomic E-state index is -0.403. The summed E-state index contributed by atoms with van der Waals surface area (Å²) in [5.41, 5.74) is 1.49. The monoisotopic (exact) mass is 257 g/mol. The van der Waals surface area contributed by atoms with E-state index in [1.807, 2.05) is 18.2 Å². The van der Waals surface area contributed by atoms with Crippen LogP contribution in [-0.4, -0.2) is 35.8 Å². The zero-order valence-electron chi connectivity index (χ0n) is 10.5. The van der Waals surface area contributed by atoms with Gasteiger partial charge in [-0.25, -0.2) is 4.79 Å². The molecule has 0 aliphatic carbocycles. The average molecular weight is 257 g/mol. The first-order valence-electron chi connectivity index (χ1n) is 6.83. The minimum Gasteiger partial charge on any atom is -0.452 e. The Kier molecular flexibility index (Phi) is 2.30. The van der Waals surface area contributed by atoms with Crippen LogP contribution in [0.1, 0.15) is 34.9 Å². The molecule has 4 aliphatic rings. The molecule has 4 heteroatoms. The van der Waals surface area contributed by atoms with Crippen LogP contribution in [0.25, 0.3) is 0 Å². The summed E-state index contributed by atoms with van der Waals surface area (Å²) < 4.78 is 5.49. The molecule has 1 aromatic carbocycles. The Morgan fingerprint density at radius 1 is 1.11 bits per heavy atom. The van der Waals surface area contributed by atoms with Crippen LogP contribution < -0.4 is 0 Å². The summed E-state index contributed by atoms with van der Waals surface area (Å²) in [6.07, 6.45) is 1.51. The molecule has 4 heterocycles. The molecule has 0 unspecified atom stereocenters. The summed E-state index contributed by atoms with van der Waals surface area (Å²) >= 11 is 0. The maximum absolute atomic E-state index is 12.5. The molecule has 0 amide bonds. The largest absolute Gasteiger partial charge is 0.452 e. The van der Waals surface area contributed by atoms with E-state index in [0.717, 1.165) is 31.5 Å². The molecular weight excluding hydrogens is 242 g/mol. The summed E-state index contributed by atoms with van der Waals surface area (Å²) in [7, 11) is 0. The lowest BCUT2D eigenvalue weighted by Crippen LogP contribution is -2.57. The third-order valence-electron chi connectivity index (χ3n) is 4.62. The molecule has 3 saturated heterocycles. The molecule has 5 rings (SSSR count). The van der Waals surface area contributed by atoms with Crippen LogP contribution in [0.15, 0.2) is 24.3 Å². The zero-order valence-corrected chi connectivity index (χ0v) is 10.5. The Morgan fingerprint density at radius 3 is 2.58 bits per heavy atom. The molecule has 4 nitrogen and oxygen atoms in total. The molecule has 19 heavy (non-hydrogen) atoms. The summed E-state index contributed by atoms with van der Waals surface area (Å²) in [5.74, 6) is 0.129. The lowest BCUT2D eigenvalue weighted by atomic mass is 9.79. The van der Waals surface area contributed by atoms with Gasteiger partial charge in [0.25, 0.3) is 0 Å². The molecule has 4 aliphatic heterocycles. The number of Topliss-reactive ketones (excluding diaryl/α,β-unsaturated/α-hetero) is 1. The number of nitrogens with zero attached hydrogens (tertiary/aromatic N) is 1. The van der Waals surface area contributed by atoms with E-state index < -0.39 is 6.10 Å². The normalized spacial score (nSPS) is 36.2. The second-order valence-electron chi connectivity index (χ2n) is 5.57. The maximum Gasteiger partial charge on any atom is 0.339 e. The van der Waals surface area contributed by atoms with E-state index in [9.17, 15) is 9.59 Å². The summed E-state index contributed by atoms with van der Waals surface area (Å²) in [6.45, 7) is 1.88. The number of ketones is 1. The molecule has 98 valence electrons. The molecule has 3 fully saturated rings. The van der Waals surface area contributed by atoms with Gasteiger partial charge in [-0.05, 0) is 32.0 Å². The highest BCUT2D eigenvalue weighted by molar-refractivity contribution is 5.96.